The maximum atomic E-state index is 12.7. The quantitative estimate of drug-likeness (QED) is 0.639. The monoisotopic (exact) mass is 320 g/mol. The zero-order valence-electron chi connectivity index (χ0n) is 11.3. The molecule has 1 aliphatic heterocycles. The van der Waals surface area contributed by atoms with Gasteiger partial charge in [-0.2, -0.15) is 0 Å². The van der Waals surface area contributed by atoms with Gasteiger partial charge in [-0.05, 0) is 36.6 Å². The standard InChI is InChI=1S/C15H13ClN2O2S/c1-9-11(5-7-21-9)15(19)18-6-4-13(17-20)12-3-2-10(16)8-14(12)18/h2-3,5,7-8,20H,4,6H2,1H3/b17-13+. The Kier molecular flexibility index (Phi) is 3.69. The Balaban J connectivity index is 2.08. The van der Waals surface area contributed by atoms with Gasteiger partial charge in [0, 0.05) is 28.4 Å². The smallest absolute Gasteiger partial charge is 0.259 e. The summed E-state index contributed by atoms with van der Waals surface area (Å²) in [5.41, 5.74) is 2.72. The van der Waals surface area contributed by atoms with Crippen LogP contribution >= 0.6 is 22.9 Å². The van der Waals surface area contributed by atoms with Crippen molar-refractivity contribution in [2.75, 3.05) is 11.4 Å². The summed E-state index contributed by atoms with van der Waals surface area (Å²) in [6.45, 7) is 2.40. The molecular weight excluding hydrogens is 308 g/mol. The number of benzene rings is 1. The molecule has 0 bridgehead atoms. The molecule has 0 unspecified atom stereocenters. The summed E-state index contributed by atoms with van der Waals surface area (Å²) in [4.78, 5) is 15.4. The van der Waals surface area contributed by atoms with Crippen LogP contribution in [0, 0.1) is 6.92 Å². The lowest BCUT2D eigenvalue weighted by Crippen LogP contribution is -2.37. The van der Waals surface area contributed by atoms with Crippen molar-refractivity contribution < 1.29 is 10.0 Å². The molecule has 1 amide bonds. The van der Waals surface area contributed by atoms with Crippen molar-refractivity contribution in [3.8, 4) is 0 Å². The highest BCUT2D eigenvalue weighted by atomic mass is 35.5. The van der Waals surface area contributed by atoms with Crippen molar-refractivity contribution in [1.29, 1.82) is 0 Å². The first-order valence-corrected chi connectivity index (χ1v) is 7.74. The largest absolute Gasteiger partial charge is 0.411 e. The molecule has 1 aromatic heterocycles. The lowest BCUT2D eigenvalue weighted by atomic mass is 9.99. The molecule has 0 fully saturated rings. The number of carbonyl (C=O) groups excluding carboxylic acids is 1. The fourth-order valence-corrected chi connectivity index (χ4v) is 3.37. The second-order valence-corrected chi connectivity index (χ2v) is 6.36. The third-order valence-corrected chi connectivity index (χ3v) is 4.67. The van der Waals surface area contributed by atoms with E-state index in [0.29, 0.717) is 35.0 Å². The van der Waals surface area contributed by atoms with Gasteiger partial charge in [-0.25, -0.2) is 0 Å². The number of carbonyl (C=O) groups is 1. The molecule has 108 valence electrons. The number of anilines is 1. The van der Waals surface area contributed by atoms with Crippen LogP contribution in [0.5, 0.6) is 0 Å². The lowest BCUT2D eigenvalue weighted by Gasteiger charge is -2.30. The van der Waals surface area contributed by atoms with Gasteiger partial charge in [0.1, 0.15) is 0 Å². The van der Waals surface area contributed by atoms with Gasteiger partial charge in [0.25, 0.3) is 5.91 Å². The van der Waals surface area contributed by atoms with Crippen molar-refractivity contribution in [1.82, 2.24) is 0 Å². The van der Waals surface area contributed by atoms with Crippen molar-refractivity contribution >= 4 is 40.2 Å². The molecule has 2 heterocycles. The van der Waals surface area contributed by atoms with Crippen LogP contribution in [0.15, 0.2) is 34.8 Å². The van der Waals surface area contributed by atoms with E-state index >= 15 is 0 Å². The van der Waals surface area contributed by atoms with Gasteiger partial charge in [-0.15, -0.1) is 11.3 Å². The molecular formula is C15H13ClN2O2S. The third kappa shape index (κ3) is 2.43. The Morgan fingerprint density at radius 3 is 2.90 bits per heavy atom. The molecule has 21 heavy (non-hydrogen) atoms. The zero-order chi connectivity index (χ0) is 15.0. The molecule has 0 saturated heterocycles. The number of oxime groups is 1. The van der Waals surface area contributed by atoms with E-state index in [9.17, 15) is 4.79 Å². The van der Waals surface area contributed by atoms with Crippen molar-refractivity contribution in [3.63, 3.8) is 0 Å². The number of fused-ring (bicyclic) bond motifs is 1. The summed E-state index contributed by atoms with van der Waals surface area (Å²) in [5, 5.41) is 14.9. The Morgan fingerprint density at radius 2 is 2.24 bits per heavy atom. The second kappa shape index (κ2) is 5.50. The van der Waals surface area contributed by atoms with E-state index in [1.165, 1.54) is 0 Å². The van der Waals surface area contributed by atoms with Crippen LogP contribution in [0.25, 0.3) is 0 Å². The SMILES string of the molecule is Cc1sccc1C(=O)N1CC/C(=N\O)c2ccc(Cl)cc21. The summed E-state index contributed by atoms with van der Waals surface area (Å²) in [6.07, 6.45) is 0.514. The summed E-state index contributed by atoms with van der Waals surface area (Å²) in [6, 6.07) is 7.09. The molecule has 1 aliphatic rings. The van der Waals surface area contributed by atoms with Gasteiger partial charge < -0.3 is 10.1 Å². The summed E-state index contributed by atoms with van der Waals surface area (Å²) >= 11 is 7.60. The third-order valence-electron chi connectivity index (χ3n) is 3.59. The average molecular weight is 321 g/mol. The van der Waals surface area contributed by atoms with E-state index < -0.39 is 0 Å². The highest BCUT2D eigenvalue weighted by Gasteiger charge is 2.28. The summed E-state index contributed by atoms with van der Waals surface area (Å²) in [7, 11) is 0. The minimum Gasteiger partial charge on any atom is -0.411 e. The van der Waals surface area contributed by atoms with Gasteiger partial charge in [0.2, 0.25) is 0 Å². The van der Waals surface area contributed by atoms with E-state index in [4.69, 9.17) is 16.8 Å². The van der Waals surface area contributed by atoms with Crippen molar-refractivity contribution in [2.45, 2.75) is 13.3 Å². The van der Waals surface area contributed by atoms with Crippen LogP contribution in [0.1, 0.15) is 27.2 Å². The van der Waals surface area contributed by atoms with E-state index in [0.717, 1.165) is 10.4 Å². The molecule has 1 N–H and O–H groups in total. The molecule has 0 saturated carbocycles. The topological polar surface area (TPSA) is 52.9 Å². The number of halogens is 1. The van der Waals surface area contributed by atoms with Crippen LogP contribution < -0.4 is 4.90 Å². The first-order valence-electron chi connectivity index (χ1n) is 6.48. The Hall–Kier alpha value is -1.85. The number of rotatable bonds is 1. The minimum absolute atomic E-state index is 0.0470. The predicted octanol–water partition coefficient (Wildman–Crippen LogP) is 3.94. The first kappa shape index (κ1) is 14.1. The van der Waals surface area contributed by atoms with E-state index in [1.807, 2.05) is 18.4 Å². The van der Waals surface area contributed by atoms with E-state index in [-0.39, 0.29) is 5.91 Å². The van der Waals surface area contributed by atoms with Gasteiger partial charge in [-0.3, -0.25) is 4.79 Å². The Morgan fingerprint density at radius 1 is 1.43 bits per heavy atom. The average Bonchev–Trinajstić information content (AvgIpc) is 2.91. The maximum Gasteiger partial charge on any atom is 0.259 e. The Labute approximate surface area is 131 Å². The molecule has 4 nitrogen and oxygen atoms in total. The van der Waals surface area contributed by atoms with Gasteiger partial charge in [0.05, 0.1) is 17.0 Å². The lowest BCUT2D eigenvalue weighted by molar-refractivity contribution is 0.0987. The zero-order valence-corrected chi connectivity index (χ0v) is 12.9. The van der Waals surface area contributed by atoms with Gasteiger partial charge in [0.15, 0.2) is 0 Å². The fourth-order valence-electron chi connectivity index (χ4n) is 2.51. The second-order valence-electron chi connectivity index (χ2n) is 4.81. The number of thiophene rings is 1. The molecule has 3 rings (SSSR count). The summed E-state index contributed by atoms with van der Waals surface area (Å²) < 4.78 is 0. The molecule has 0 aliphatic carbocycles. The van der Waals surface area contributed by atoms with Crippen LogP contribution in [-0.2, 0) is 0 Å². The van der Waals surface area contributed by atoms with Crippen LogP contribution in [0.3, 0.4) is 0 Å². The highest BCUT2D eigenvalue weighted by Crippen LogP contribution is 2.32. The van der Waals surface area contributed by atoms with Crippen LogP contribution in [0.4, 0.5) is 5.69 Å². The number of hydrogen-bond donors (Lipinski definition) is 1. The molecule has 6 heteroatoms. The molecule has 0 atom stereocenters. The van der Waals surface area contributed by atoms with Crippen molar-refractivity contribution in [2.24, 2.45) is 5.16 Å². The van der Waals surface area contributed by atoms with E-state index in [1.54, 1.807) is 34.4 Å². The number of amides is 1. The predicted molar refractivity (Wildman–Crippen MR) is 85.1 cm³/mol. The van der Waals surface area contributed by atoms with E-state index in [2.05, 4.69) is 5.16 Å². The van der Waals surface area contributed by atoms with Crippen molar-refractivity contribution in [3.05, 3.63) is 50.7 Å². The van der Waals surface area contributed by atoms with Gasteiger partial charge >= 0.3 is 0 Å². The summed E-state index contributed by atoms with van der Waals surface area (Å²) in [5.74, 6) is -0.0470. The van der Waals surface area contributed by atoms with Gasteiger partial charge in [-0.1, -0.05) is 16.8 Å². The van der Waals surface area contributed by atoms with Crippen LogP contribution in [-0.4, -0.2) is 23.4 Å². The van der Waals surface area contributed by atoms with Crippen LogP contribution in [0.2, 0.25) is 5.02 Å². The molecule has 0 radical (unpaired) electrons. The number of hydrogen-bond acceptors (Lipinski definition) is 4. The normalized spacial score (nSPS) is 16.1. The Bertz CT molecular complexity index is 739. The maximum absolute atomic E-state index is 12.7. The molecule has 1 aromatic carbocycles. The molecule has 0 spiro atoms. The number of nitrogens with zero attached hydrogens (tertiary/aromatic N) is 2. The fraction of sp³-hybridized carbons (Fsp3) is 0.200. The molecule has 2 aromatic rings. The highest BCUT2D eigenvalue weighted by molar-refractivity contribution is 7.10. The minimum atomic E-state index is -0.0470. The number of aryl methyl sites for hydroxylation is 1. The first-order chi connectivity index (χ1) is 10.1.